The molecular formula is C21H22ClFN2O3. The zero-order valence-corrected chi connectivity index (χ0v) is 16.1. The highest BCUT2D eigenvalue weighted by atomic mass is 35.5. The lowest BCUT2D eigenvalue weighted by Gasteiger charge is -2.42. The molecule has 2 amide bonds. The molecule has 1 fully saturated rings. The molecular weight excluding hydrogens is 383 g/mol. The predicted molar refractivity (Wildman–Crippen MR) is 105 cm³/mol. The number of rotatable bonds is 6. The number of piperidine rings is 1. The number of nitrogens with zero attached hydrogens (tertiary/aromatic N) is 1. The van der Waals surface area contributed by atoms with Crippen LogP contribution in [0.2, 0.25) is 5.02 Å². The molecule has 0 unspecified atom stereocenters. The summed E-state index contributed by atoms with van der Waals surface area (Å²) in [5.74, 6) is -0.543. The summed E-state index contributed by atoms with van der Waals surface area (Å²) >= 11 is 5.89. The van der Waals surface area contributed by atoms with Gasteiger partial charge in [-0.3, -0.25) is 9.59 Å². The van der Waals surface area contributed by atoms with Crippen molar-refractivity contribution in [3.05, 3.63) is 64.9 Å². The number of nitrogens with two attached hydrogens (primary N) is 1. The molecule has 1 atom stereocenters. The molecule has 0 bridgehead atoms. The van der Waals surface area contributed by atoms with E-state index in [0.717, 1.165) is 0 Å². The van der Waals surface area contributed by atoms with Crippen LogP contribution >= 0.6 is 11.6 Å². The minimum atomic E-state index is -0.591. The third-order valence-electron chi connectivity index (χ3n) is 4.93. The topological polar surface area (TPSA) is 72.6 Å². The summed E-state index contributed by atoms with van der Waals surface area (Å²) in [6, 6.07) is 12.5. The third-order valence-corrected chi connectivity index (χ3v) is 5.18. The van der Waals surface area contributed by atoms with Gasteiger partial charge in [0, 0.05) is 35.5 Å². The van der Waals surface area contributed by atoms with Gasteiger partial charge in [-0.15, -0.1) is 0 Å². The fraction of sp³-hybridized carbons (Fsp3) is 0.333. The van der Waals surface area contributed by atoms with Crippen molar-refractivity contribution in [3.8, 4) is 5.75 Å². The summed E-state index contributed by atoms with van der Waals surface area (Å²) in [4.78, 5) is 26.2. The van der Waals surface area contributed by atoms with Crippen molar-refractivity contribution in [2.24, 2.45) is 11.1 Å². The number of hydrogen-bond acceptors (Lipinski definition) is 3. The fourth-order valence-corrected chi connectivity index (χ4v) is 3.76. The van der Waals surface area contributed by atoms with Gasteiger partial charge in [-0.05, 0) is 55.3 Å². The maximum absolute atomic E-state index is 13.5. The lowest BCUT2D eigenvalue weighted by molar-refractivity contribution is -0.122. The van der Waals surface area contributed by atoms with Crippen molar-refractivity contribution in [3.63, 3.8) is 0 Å². The molecule has 0 aliphatic carbocycles. The first-order valence-corrected chi connectivity index (χ1v) is 9.46. The van der Waals surface area contributed by atoms with Crippen LogP contribution in [-0.2, 0) is 4.79 Å². The Hall–Kier alpha value is -2.60. The van der Waals surface area contributed by atoms with Crippen molar-refractivity contribution < 1.29 is 18.7 Å². The molecule has 0 radical (unpaired) electrons. The highest BCUT2D eigenvalue weighted by molar-refractivity contribution is 6.30. The van der Waals surface area contributed by atoms with Crippen LogP contribution < -0.4 is 10.5 Å². The Morgan fingerprint density at radius 1 is 1.21 bits per heavy atom. The van der Waals surface area contributed by atoms with Crippen LogP contribution in [0.15, 0.2) is 48.5 Å². The van der Waals surface area contributed by atoms with Gasteiger partial charge in [-0.25, -0.2) is 4.39 Å². The van der Waals surface area contributed by atoms with Crippen molar-refractivity contribution in [2.75, 3.05) is 19.7 Å². The van der Waals surface area contributed by atoms with Gasteiger partial charge >= 0.3 is 0 Å². The number of halogens is 2. The number of carbonyl (C=O) groups excluding carboxylic acids is 2. The van der Waals surface area contributed by atoms with Gasteiger partial charge < -0.3 is 15.4 Å². The summed E-state index contributed by atoms with van der Waals surface area (Å²) in [6.45, 7) is 1.10. The van der Waals surface area contributed by atoms with Crippen LogP contribution in [0.5, 0.6) is 5.75 Å². The molecule has 2 aromatic rings. The molecule has 148 valence electrons. The lowest BCUT2D eigenvalue weighted by atomic mass is 9.77. The molecule has 1 aliphatic heterocycles. The van der Waals surface area contributed by atoms with Gasteiger partial charge in [0.1, 0.15) is 11.6 Å². The largest absolute Gasteiger partial charge is 0.493 e. The van der Waals surface area contributed by atoms with Crippen molar-refractivity contribution in [1.29, 1.82) is 0 Å². The number of carbonyl (C=O) groups is 2. The van der Waals surface area contributed by atoms with Crippen molar-refractivity contribution in [2.45, 2.75) is 19.3 Å². The SMILES string of the molecule is NC(=O)C[C@@]1(COc2ccc(Cl)cc2)CCCN(C(=O)c2cccc(F)c2)C1. The average molecular weight is 405 g/mol. The second-order valence-electron chi connectivity index (χ2n) is 7.23. The quantitative estimate of drug-likeness (QED) is 0.798. The normalized spacial score (nSPS) is 19.3. The molecule has 1 saturated heterocycles. The first kappa shape index (κ1) is 20.1. The van der Waals surface area contributed by atoms with Gasteiger partial charge in [0.2, 0.25) is 5.91 Å². The van der Waals surface area contributed by atoms with Crippen LogP contribution in [0.1, 0.15) is 29.6 Å². The van der Waals surface area contributed by atoms with Crippen LogP contribution in [0.25, 0.3) is 0 Å². The fourth-order valence-electron chi connectivity index (χ4n) is 3.64. The Balaban J connectivity index is 1.76. The molecule has 28 heavy (non-hydrogen) atoms. The lowest BCUT2D eigenvalue weighted by Crippen LogP contribution is -2.50. The molecule has 5 nitrogen and oxygen atoms in total. The van der Waals surface area contributed by atoms with Crippen LogP contribution in [0.4, 0.5) is 4.39 Å². The minimum absolute atomic E-state index is 0.105. The molecule has 1 aliphatic rings. The number of likely N-dealkylation sites (tertiary alicyclic amines) is 1. The maximum Gasteiger partial charge on any atom is 0.253 e. The van der Waals surface area contributed by atoms with Gasteiger partial charge in [0.25, 0.3) is 5.91 Å². The zero-order valence-electron chi connectivity index (χ0n) is 15.4. The number of hydrogen-bond donors (Lipinski definition) is 1. The number of benzene rings is 2. The van der Waals surface area contributed by atoms with E-state index < -0.39 is 17.1 Å². The average Bonchev–Trinajstić information content (AvgIpc) is 2.67. The van der Waals surface area contributed by atoms with E-state index in [2.05, 4.69) is 0 Å². The van der Waals surface area contributed by atoms with Gasteiger partial charge in [-0.2, -0.15) is 0 Å². The Kier molecular flexibility index (Phi) is 6.19. The third kappa shape index (κ3) is 5.01. The highest BCUT2D eigenvalue weighted by Crippen LogP contribution is 2.35. The second-order valence-corrected chi connectivity index (χ2v) is 7.66. The van der Waals surface area contributed by atoms with Gasteiger partial charge in [0.15, 0.2) is 0 Å². The molecule has 1 heterocycles. The van der Waals surface area contributed by atoms with Gasteiger partial charge in [-0.1, -0.05) is 17.7 Å². The van der Waals surface area contributed by atoms with Crippen LogP contribution in [0.3, 0.4) is 0 Å². The Morgan fingerprint density at radius 2 is 1.96 bits per heavy atom. The van der Waals surface area contributed by atoms with E-state index in [1.807, 2.05) is 0 Å². The Bertz CT molecular complexity index is 859. The minimum Gasteiger partial charge on any atom is -0.493 e. The van der Waals surface area contributed by atoms with E-state index in [9.17, 15) is 14.0 Å². The molecule has 2 aromatic carbocycles. The summed E-state index contributed by atoms with van der Waals surface area (Å²) in [7, 11) is 0. The summed E-state index contributed by atoms with van der Waals surface area (Å²) in [5, 5.41) is 0.601. The maximum atomic E-state index is 13.5. The summed E-state index contributed by atoms with van der Waals surface area (Å²) < 4.78 is 19.4. The van der Waals surface area contributed by atoms with Gasteiger partial charge in [0.05, 0.1) is 6.61 Å². The van der Waals surface area contributed by atoms with Crippen LogP contribution in [-0.4, -0.2) is 36.4 Å². The number of primary amides is 1. The zero-order chi connectivity index (χ0) is 20.1. The van der Waals surface area contributed by atoms with E-state index in [0.29, 0.717) is 36.7 Å². The van der Waals surface area contributed by atoms with Crippen molar-refractivity contribution in [1.82, 2.24) is 4.90 Å². The molecule has 0 saturated carbocycles. The monoisotopic (exact) mass is 404 g/mol. The molecule has 3 rings (SSSR count). The Labute approximate surface area is 168 Å². The summed E-state index contributed by atoms with van der Waals surface area (Å²) in [5.41, 5.74) is 5.18. The first-order chi connectivity index (χ1) is 13.4. The number of ether oxygens (including phenoxy) is 1. The van der Waals surface area contributed by atoms with Crippen molar-refractivity contribution >= 4 is 23.4 Å². The molecule has 0 aromatic heterocycles. The molecule has 2 N–H and O–H groups in total. The van der Waals surface area contributed by atoms with E-state index in [1.54, 1.807) is 35.2 Å². The molecule has 0 spiro atoms. The van der Waals surface area contributed by atoms with E-state index in [1.165, 1.54) is 18.2 Å². The highest BCUT2D eigenvalue weighted by Gasteiger charge is 2.39. The van der Waals surface area contributed by atoms with E-state index in [4.69, 9.17) is 22.1 Å². The van der Waals surface area contributed by atoms with Crippen LogP contribution in [0, 0.1) is 11.2 Å². The first-order valence-electron chi connectivity index (χ1n) is 9.08. The Morgan fingerprint density at radius 3 is 2.64 bits per heavy atom. The van der Waals surface area contributed by atoms with E-state index in [-0.39, 0.29) is 24.5 Å². The standard InChI is InChI=1S/C21H22ClFN2O3/c22-16-5-7-18(8-6-16)28-14-21(12-19(24)26)9-2-10-25(13-21)20(27)15-3-1-4-17(23)11-15/h1,3-8,11H,2,9-10,12-14H2,(H2,24,26)/t21-/m0/s1. The predicted octanol–water partition coefficient (Wildman–Crippen LogP) is 3.66. The molecule has 7 heteroatoms. The number of amides is 2. The second kappa shape index (κ2) is 8.61. The smallest absolute Gasteiger partial charge is 0.253 e. The van der Waals surface area contributed by atoms with E-state index >= 15 is 0 Å². The summed E-state index contributed by atoms with van der Waals surface area (Å²) in [6.07, 6.45) is 1.52.